The first-order valence-electron chi connectivity index (χ1n) is 11.6. The van der Waals surface area contributed by atoms with Crippen molar-refractivity contribution >= 4 is 35.0 Å². The third-order valence-corrected chi connectivity index (χ3v) is 6.57. The molecule has 2 amide bonds. The molecule has 1 aromatic heterocycles. The molecule has 2 aromatic rings. The largest absolute Gasteiger partial charge is 0.495 e. The van der Waals surface area contributed by atoms with Crippen molar-refractivity contribution in [2.75, 3.05) is 42.5 Å². The maximum absolute atomic E-state index is 13.2. The zero-order valence-corrected chi connectivity index (χ0v) is 20.2. The van der Waals surface area contributed by atoms with Crippen molar-refractivity contribution in [3.8, 4) is 5.75 Å². The second kappa shape index (κ2) is 9.46. The highest BCUT2D eigenvalue weighted by Crippen LogP contribution is 2.40. The van der Waals surface area contributed by atoms with Gasteiger partial charge >= 0.3 is 0 Å². The molecule has 0 unspecified atom stereocenters. The highest BCUT2D eigenvalue weighted by Gasteiger charge is 2.41. The molecule has 4 N–H and O–H groups in total. The number of aromatic nitrogens is 2. The minimum atomic E-state index is -0.547. The minimum absolute atomic E-state index is 0.0478. The number of fused-ring (bicyclic) bond motifs is 1. The highest BCUT2D eigenvalue weighted by molar-refractivity contribution is 6.01. The number of hydrogen-bond donors (Lipinski definition) is 3. The first kappa shape index (κ1) is 23.7. The molecule has 10 heteroatoms. The summed E-state index contributed by atoms with van der Waals surface area (Å²) in [5, 5.41) is 5.78. The molecule has 1 aliphatic carbocycles. The van der Waals surface area contributed by atoms with Crippen molar-refractivity contribution in [3.05, 3.63) is 30.0 Å². The summed E-state index contributed by atoms with van der Waals surface area (Å²) in [5.74, 6) is 1.38. The molecule has 0 saturated heterocycles. The number of carbonyl (C=O) groups excluding carboxylic acids is 2. The summed E-state index contributed by atoms with van der Waals surface area (Å²) in [6.07, 6.45) is 6.22. The van der Waals surface area contributed by atoms with Crippen LogP contribution in [0.1, 0.15) is 49.9 Å². The Morgan fingerprint density at radius 2 is 2.03 bits per heavy atom. The Labute approximate surface area is 199 Å². The third kappa shape index (κ3) is 4.50. The Morgan fingerprint density at radius 1 is 1.29 bits per heavy atom. The van der Waals surface area contributed by atoms with E-state index in [0.29, 0.717) is 41.2 Å². The van der Waals surface area contributed by atoms with E-state index < -0.39 is 5.41 Å². The summed E-state index contributed by atoms with van der Waals surface area (Å²) in [5.41, 5.74) is 6.62. The van der Waals surface area contributed by atoms with E-state index >= 15 is 0 Å². The van der Waals surface area contributed by atoms with Gasteiger partial charge in [0.1, 0.15) is 11.4 Å². The summed E-state index contributed by atoms with van der Waals surface area (Å²) < 4.78 is 5.49. The van der Waals surface area contributed by atoms with E-state index in [0.717, 1.165) is 18.7 Å². The molecule has 4 rings (SSSR count). The Balaban J connectivity index is 1.70. The predicted molar refractivity (Wildman–Crippen MR) is 132 cm³/mol. The molecular weight excluding hydrogens is 434 g/mol. The summed E-state index contributed by atoms with van der Waals surface area (Å²) in [6, 6.07) is 5.40. The van der Waals surface area contributed by atoms with Gasteiger partial charge in [0.2, 0.25) is 11.9 Å². The van der Waals surface area contributed by atoms with Crippen LogP contribution < -0.4 is 30.9 Å². The number of hydrogen-bond acceptors (Lipinski definition) is 8. The maximum Gasteiger partial charge on any atom is 0.252 e. The van der Waals surface area contributed by atoms with Crippen molar-refractivity contribution in [1.29, 1.82) is 0 Å². The van der Waals surface area contributed by atoms with Crippen LogP contribution in [0.5, 0.6) is 5.75 Å². The lowest BCUT2D eigenvalue weighted by Crippen LogP contribution is -2.45. The average Bonchev–Trinajstić information content (AvgIpc) is 3.34. The van der Waals surface area contributed by atoms with Gasteiger partial charge in [-0.1, -0.05) is 12.8 Å². The fourth-order valence-electron chi connectivity index (χ4n) is 4.78. The van der Waals surface area contributed by atoms with Crippen LogP contribution in [0.15, 0.2) is 24.4 Å². The summed E-state index contributed by atoms with van der Waals surface area (Å²) in [7, 11) is 3.32. The SMILES string of the molecule is COc1cc(C(=O)NCN)ccc1Nc1ncc2c(n1)N(C1CCCC1)CC(C)(C)C(=O)N2C. The second-order valence-electron chi connectivity index (χ2n) is 9.47. The molecule has 10 nitrogen and oxygen atoms in total. The number of nitrogens with zero attached hydrogens (tertiary/aromatic N) is 4. The van der Waals surface area contributed by atoms with Crippen LogP contribution in [0.4, 0.5) is 23.1 Å². The van der Waals surface area contributed by atoms with Crippen LogP contribution in [-0.2, 0) is 4.79 Å². The molecule has 182 valence electrons. The zero-order chi connectivity index (χ0) is 24.5. The lowest BCUT2D eigenvalue weighted by molar-refractivity contribution is -0.125. The van der Waals surface area contributed by atoms with Crippen LogP contribution in [0.2, 0.25) is 0 Å². The van der Waals surface area contributed by atoms with Crippen LogP contribution >= 0.6 is 0 Å². The number of nitrogens with two attached hydrogens (primary N) is 1. The molecule has 34 heavy (non-hydrogen) atoms. The number of amides is 2. The van der Waals surface area contributed by atoms with Gasteiger partial charge in [-0.25, -0.2) is 4.98 Å². The fraction of sp³-hybridized carbons (Fsp3) is 0.500. The van der Waals surface area contributed by atoms with Gasteiger partial charge in [-0.15, -0.1) is 0 Å². The number of nitrogens with one attached hydrogen (secondary N) is 2. The fourth-order valence-corrected chi connectivity index (χ4v) is 4.78. The molecule has 0 radical (unpaired) electrons. The van der Waals surface area contributed by atoms with E-state index in [9.17, 15) is 9.59 Å². The van der Waals surface area contributed by atoms with Gasteiger partial charge in [-0.3, -0.25) is 9.59 Å². The van der Waals surface area contributed by atoms with Crippen LogP contribution in [0.3, 0.4) is 0 Å². The van der Waals surface area contributed by atoms with Gasteiger partial charge in [0, 0.05) is 25.2 Å². The molecule has 2 heterocycles. The third-order valence-electron chi connectivity index (χ3n) is 6.57. The minimum Gasteiger partial charge on any atom is -0.495 e. The number of benzene rings is 1. The molecular formula is C24H33N7O3. The number of ether oxygens (including phenoxy) is 1. The maximum atomic E-state index is 13.2. The molecule has 0 bridgehead atoms. The van der Waals surface area contributed by atoms with Crippen molar-refractivity contribution in [2.45, 2.75) is 45.6 Å². The van der Waals surface area contributed by atoms with Crippen molar-refractivity contribution in [2.24, 2.45) is 11.1 Å². The number of methoxy groups -OCH3 is 1. The van der Waals surface area contributed by atoms with Gasteiger partial charge in [0.05, 0.1) is 31.1 Å². The topological polar surface area (TPSA) is 126 Å². The monoisotopic (exact) mass is 467 g/mol. The molecule has 1 fully saturated rings. The van der Waals surface area contributed by atoms with Gasteiger partial charge in [0.15, 0.2) is 5.82 Å². The lowest BCUT2D eigenvalue weighted by Gasteiger charge is -2.34. The van der Waals surface area contributed by atoms with Crippen LogP contribution in [0.25, 0.3) is 0 Å². The van der Waals surface area contributed by atoms with Crippen LogP contribution in [0, 0.1) is 5.41 Å². The second-order valence-corrected chi connectivity index (χ2v) is 9.47. The van der Waals surface area contributed by atoms with Crippen molar-refractivity contribution in [1.82, 2.24) is 15.3 Å². The number of anilines is 4. The molecule has 0 spiro atoms. The number of rotatable bonds is 6. The first-order valence-corrected chi connectivity index (χ1v) is 11.6. The van der Waals surface area contributed by atoms with E-state index in [4.69, 9.17) is 15.5 Å². The Bertz CT molecular complexity index is 1080. The predicted octanol–water partition coefficient (Wildman–Crippen LogP) is 2.63. The highest BCUT2D eigenvalue weighted by atomic mass is 16.5. The molecule has 1 aromatic carbocycles. The van der Waals surface area contributed by atoms with E-state index in [2.05, 4.69) is 20.5 Å². The van der Waals surface area contributed by atoms with Gasteiger partial charge in [-0.05, 0) is 44.9 Å². The van der Waals surface area contributed by atoms with Gasteiger partial charge < -0.3 is 30.9 Å². The number of carbonyl (C=O) groups is 2. The van der Waals surface area contributed by atoms with Crippen molar-refractivity contribution < 1.29 is 14.3 Å². The molecule has 0 atom stereocenters. The molecule has 1 aliphatic heterocycles. The van der Waals surface area contributed by atoms with E-state index in [1.54, 1.807) is 36.3 Å². The quantitative estimate of drug-likeness (QED) is 0.554. The van der Waals surface area contributed by atoms with Gasteiger partial charge in [-0.2, -0.15) is 4.98 Å². The molecule has 2 aliphatic rings. The summed E-state index contributed by atoms with van der Waals surface area (Å²) >= 11 is 0. The van der Waals surface area contributed by atoms with E-state index in [-0.39, 0.29) is 18.5 Å². The zero-order valence-electron chi connectivity index (χ0n) is 20.2. The van der Waals surface area contributed by atoms with Gasteiger partial charge in [0.25, 0.3) is 5.91 Å². The Kier molecular flexibility index (Phi) is 6.60. The smallest absolute Gasteiger partial charge is 0.252 e. The standard InChI is InChI=1S/C24H33N7O3/c1-24(2)13-31(16-7-5-6-8-16)20-18(30(3)22(24)33)12-26-23(29-20)28-17-10-9-15(11-19(17)34-4)21(32)27-14-25/h9-12,16H,5-8,13-14,25H2,1-4H3,(H,27,32)(H,26,28,29). The normalized spacial score (nSPS) is 17.9. The molecule has 1 saturated carbocycles. The van der Waals surface area contributed by atoms with E-state index in [1.807, 2.05) is 13.8 Å². The lowest BCUT2D eigenvalue weighted by atomic mass is 9.91. The first-order chi connectivity index (χ1) is 16.2. The van der Waals surface area contributed by atoms with E-state index in [1.165, 1.54) is 20.0 Å². The summed E-state index contributed by atoms with van der Waals surface area (Å²) in [6.45, 7) is 4.62. The summed E-state index contributed by atoms with van der Waals surface area (Å²) in [4.78, 5) is 38.6. The Hall–Kier alpha value is -3.40. The average molecular weight is 468 g/mol. The van der Waals surface area contributed by atoms with Crippen molar-refractivity contribution in [3.63, 3.8) is 0 Å². The van der Waals surface area contributed by atoms with Crippen LogP contribution in [-0.4, -0.2) is 55.2 Å². The Morgan fingerprint density at radius 3 is 2.71 bits per heavy atom.